The summed E-state index contributed by atoms with van der Waals surface area (Å²) in [6.45, 7) is 2.85. The molecule has 0 aromatic carbocycles. The maximum atomic E-state index is 9.74. The van der Waals surface area contributed by atoms with Crippen LogP contribution in [0.1, 0.15) is 19.3 Å². The first kappa shape index (κ1) is 7.53. The summed E-state index contributed by atoms with van der Waals surface area (Å²) >= 11 is 0. The molecule has 2 heterocycles. The van der Waals surface area contributed by atoms with E-state index >= 15 is 0 Å². The van der Waals surface area contributed by atoms with Gasteiger partial charge in [0, 0.05) is 0 Å². The summed E-state index contributed by atoms with van der Waals surface area (Å²) < 4.78 is 0.781. The fourth-order valence-corrected chi connectivity index (χ4v) is 2.34. The van der Waals surface area contributed by atoms with Gasteiger partial charge in [-0.05, 0) is 19.3 Å². The summed E-state index contributed by atoms with van der Waals surface area (Å²) in [4.78, 5) is 0. The van der Waals surface area contributed by atoms with Gasteiger partial charge in [-0.15, -0.1) is 0 Å². The zero-order valence-electron chi connectivity index (χ0n) is 6.79. The lowest BCUT2D eigenvalue weighted by atomic mass is 10.1. The average Bonchev–Trinajstić information content (AvgIpc) is 2.59. The van der Waals surface area contributed by atoms with E-state index in [4.69, 9.17) is 5.11 Å². The number of quaternary nitrogens is 1. The van der Waals surface area contributed by atoms with Crippen molar-refractivity contribution in [2.75, 3.05) is 26.2 Å². The van der Waals surface area contributed by atoms with Gasteiger partial charge in [0.1, 0.15) is 6.61 Å². The molecule has 2 N–H and O–H groups in total. The minimum atomic E-state index is -0.750. The molecule has 0 saturated carbocycles. The van der Waals surface area contributed by atoms with Crippen LogP contribution >= 0.6 is 0 Å². The highest BCUT2D eigenvalue weighted by Crippen LogP contribution is 2.43. The van der Waals surface area contributed by atoms with E-state index in [9.17, 15) is 5.11 Å². The second-order valence-electron chi connectivity index (χ2n) is 3.95. The zero-order valence-corrected chi connectivity index (χ0v) is 6.79. The van der Waals surface area contributed by atoms with Gasteiger partial charge in [-0.1, -0.05) is 0 Å². The standard InChI is InChI=1S/C8H16NO2/c10-7-8(11)6-9(8)4-2-1-3-5-9/h10-11H,1-7H2/q+1. The van der Waals surface area contributed by atoms with Crippen molar-refractivity contribution in [1.29, 1.82) is 0 Å². The molecule has 0 aromatic heterocycles. The molecule has 2 saturated heterocycles. The van der Waals surface area contributed by atoms with Crippen LogP contribution in [0.2, 0.25) is 0 Å². The first-order chi connectivity index (χ1) is 5.22. The number of hydrogen-bond acceptors (Lipinski definition) is 2. The molecule has 1 unspecified atom stereocenters. The van der Waals surface area contributed by atoms with Crippen LogP contribution in [0.3, 0.4) is 0 Å². The molecule has 64 valence electrons. The van der Waals surface area contributed by atoms with Crippen molar-refractivity contribution >= 4 is 0 Å². The zero-order chi connectivity index (χ0) is 7.95. The van der Waals surface area contributed by atoms with Crippen LogP contribution in [-0.2, 0) is 0 Å². The van der Waals surface area contributed by atoms with Crippen molar-refractivity contribution in [3.8, 4) is 0 Å². The van der Waals surface area contributed by atoms with Gasteiger partial charge in [0.05, 0.1) is 13.1 Å². The van der Waals surface area contributed by atoms with E-state index in [-0.39, 0.29) is 6.61 Å². The van der Waals surface area contributed by atoms with Crippen molar-refractivity contribution in [3.63, 3.8) is 0 Å². The number of aliphatic hydroxyl groups is 2. The molecule has 2 aliphatic rings. The minimum absolute atomic E-state index is 0.0625. The van der Waals surface area contributed by atoms with Gasteiger partial charge < -0.3 is 10.2 Å². The van der Waals surface area contributed by atoms with Crippen LogP contribution in [0.4, 0.5) is 0 Å². The third-order valence-electron chi connectivity index (χ3n) is 3.26. The lowest BCUT2D eigenvalue weighted by Crippen LogP contribution is -2.42. The highest BCUT2D eigenvalue weighted by molar-refractivity contribution is 4.84. The number of hydrogen-bond donors (Lipinski definition) is 2. The Labute approximate surface area is 66.8 Å². The fourth-order valence-electron chi connectivity index (χ4n) is 2.34. The van der Waals surface area contributed by atoms with Gasteiger partial charge in [-0.2, -0.15) is 0 Å². The monoisotopic (exact) mass is 158 g/mol. The van der Waals surface area contributed by atoms with Crippen molar-refractivity contribution in [3.05, 3.63) is 0 Å². The Hall–Kier alpha value is -0.120. The van der Waals surface area contributed by atoms with E-state index in [2.05, 4.69) is 0 Å². The molecule has 1 atom stereocenters. The summed E-state index contributed by atoms with van der Waals surface area (Å²) in [5.41, 5.74) is -0.750. The van der Waals surface area contributed by atoms with Gasteiger partial charge in [0.2, 0.25) is 0 Å². The van der Waals surface area contributed by atoms with Gasteiger partial charge >= 0.3 is 0 Å². The maximum absolute atomic E-state index is 9.74. The molecule has 1 spiro atoms. The number of nitrogens with zero attached hydrogens (tertiary/aromatic N) is 1. The topological polar surface area (TPSA) is 40.5 Å². The number of piperidine rings is 1. The first-order valence-electron chi connectivity index (χ1n) is 4.42. The van der Waals surface area contributed by atoms with Gasteiger partial charge in [-0.3, -0.25) is 4.48 Å². The molecule has 11 heavy (non-hydrogen) atoms. The van der Waals surface area contributed by atoms with Crippen LogP contribution in [0.5, 0.6) is 0 Å². The number of rotatable bonds is 1. The first-order valence-corrected chi connectivity index (χ1v) is 4.42. The Kier molecular flexibility index (Phi) is 1.50. The Morgan fingerprint density at radius 1 is 1.18 bits per heavy atom. The predicted octanol–water partition coefficient (Wildman–Crippen LogP) is -0.318. The summed E-state index contributed by atoms with van der Waals surface area (Å²) in [6, 6.07) is 0. The molecule has 3 nitrogen and oxygen atoms in total. The molecule has 0 bridgehead atoms. The lowest BCUT2D eigenvalue weighted by Gasteiger charge is -2.26. The molecule has 2 rings (SSSR count). The number of aliphatic hydroxyl groups excluding tert-OH is 1. The Bertz CT molecular complexity index is 160. The van der Waals surface area contributed by atoms with Gasteiger partial charge in [0.25, 0.3) is 5.72 Å². The van der Waals surface area contributed by atoms with Crippen molar-refractivity contribution in [1.82, 2.24) is 0 Å². The normalized spacial score (nSPS) is 40.9. The smallest absolute Gasteiger partial charge is 0.275 e. The van der Waals surface area contributed by atoms with Crippen molar-refractivity contribution in [2.24, 2.45) is 0 Å². The second-order valence-corrected chi connectivity index (χ2v) is 3.95. The summed E-state index contributed by atoms with van der Waals surface area (Å²) in [5, 5.41) is 18.7. The van der Waals surface area contributed by atoms with E-state index in [0.717, 1.165) is 24.1 Å². The quantitative estimate of drug-likeness (QED) is 0.405. The van der Waals surface area contributed by atoms with Crippen molar-refractivity contribution < 1.29 is 14.7 Å². The molecule has 0 aromatic rings. The highest BCUT2D eigenvalue weighted by atomic mass is 16.4. The molecule has 0 amide bonds. The van der Waals surface area contributed by atoms with E-state index < -0.39 is 5.72 Å². The van der Waals surface area contributed by atoms with E-state index in [1.807, 2.05) is 0 Å². The maximum Gasteiger partial charge on any atom is 0.275 e. The molecular formula is C8H16NO2+. The van der Waals surface area contributed by atoms with E-state index in [1.165, 1.54) is 19.3 Å². The van der Waals surface area contributed by atoms with Gasteiger partial charge in [0.15, 0.2) is 6.54 Å². The highest BCUT2D eigenvalue weighted by Gasteiger charge is 2.68. The largest absolute Gasteiger partial charge is 0.387 e. The second kappa shape index (κ2) is 2.19. The summed E-state index contributed by atoms with van der Waals surface area (Å²) in [6.07, 6.45) is 3.71. The summed E-state index contributed by atoms with van der Waals surface area (Å²) in [7, 11) is 0. The van der Waals surface area contributed by atoms with Crippen LogP contribution in [0.15, 0.2) is 0 Å². The van der Waals surface area contributed by atoms with E-state index in [1.54, 1.807) is 0 Å². The van der Waals surface area contributed by atoms with Crippen LogP contribution < -0.4 is 0 Å². The van der Waals surface area contributed by atoms with Crippen LogP contribution in [0.25, 0.3) is 0 Å². The molecule has 2 fully saturated rings. The Morgan fingerprint density at radius 2 is 1.82 bits per heavy atom. The molecular weight excluding hydrogens is 142 g/mol. The SMILES string of the molecule is OCC1(O)C[N+]12CCCCC2. The fraction of sp³-hybridized carbons (Fsp3) is 1.00. The molecule has 3 heteroatoms. The minimum Gasteiger partial charge on any atom is -0.387 e. The average molecular weight is 158 g/mol. The molecule has 0 radical (unpaired) electrons. The molecule has 2 aliphatic heterocycles. The molecule has 0 aliphatic carbocycles. The Balaban J connectivity index is 2.03. The predicted molar refractivity (Wildman–Crippen MR) is 40.7 cm³/mol. The third kappa shape index (κ3) is 0.916. The van der Waals surface area contributed by atoms with Gasteiger partial charge in [-0.25, -0.2) is 0 Å². The van der Waals surface area contributed by atoms with Crippen LogP contribution in [0, 0.1) is 0 Å². The van der Waals surface area contributed by atoms with E-state index in [0.29, 0.717) is 0 Å². The van der Waals surface area contributed by atoms with Crippen molar-refractivity contribution in [2.45, 2.75) is 25.0 Å². The lowest BCUT2D eigenvalue weighted by molar-refractivity contribution is -0.852. The third-order valence-corrected chi connectivity index (χ3v) is 3.26. The van der Waals surface area contributed by atoms with Crippen LogP contribution in [-0.4, -0.2) is 46.7 Å². The Morgan fingerprint density at radius 3 is 2.27 bits per heavy atom. The summed E-state index contributed by atoms with van der Waals surface area (Å²) in [5.74, 6) is 0.